The summed E-state index contributed by atoms with van der Waals surface area (Å²) in [5, 5.41) is 17.5. The van der Waals surface area contributed by atoms with Gasteiger partial charge in [0.05, 0.1) is 11.0 Å². The lowest BCUT2D eigenvalue weighted by Gasteiger charge is -2.17. The fourth-order valence-electron chi connectivity index (χ4n) is 5.87. The minimum absolute atomic E-state index is 0.884. The van der Waals surface area contributed by atoms with Gasteiger partial charge >= 0.3 is 0 Å². The second-order valence-electron chi connectivity index (χ2n) is 11.0. The highest BCUT2D eigenvalue weighted by Gasteiger charge is 2.15. The fourth-order valence-corrected chi connectivity index (χ4v) is 5.87. The molecule has 2 aromatic heterocycles. The van der Waals surface area contributed by atoms with Gasteiger partial charge in [-0.15, -0.1) is 10.2 Å². The minimum Gasteiger partial charge on any atom is -0.245 e. The predicted molar refractivity (Wildman–Crippen MR) is 164 cm³/mol. The van der Waals surface area contributed by atoms with Crippen LogP contribution in [0.3, 0.4) is 0 Å². The van der Waals surface area contributed by atoms with Gasteiger partial charge in [0.2, 0.25) is 0 Å². The lowest BCUT2D eigenvalue weighted by molar-refractivity contribution is 0.596. The Balaban J connectivity index is 1.36. The summed E-state index contributed by atoms with van der Waals surface area (Å²) in [6.07, 6.45) is 2.08. The third-order valence-electron chi connectivity index (χ3n) is 7.95. The molecule has 0 bridgehead atoms. The number of aryl methyl sites for hydroxylation is 6. The molecule has 202 valence electrons. The Morgan fingerprint density at radius 2 is 0.875 bits per heavy atom. The number of benzene rings is 4. The molecule has 0 radical (unpaired) electrons. The second-order valence-corrected chi connectivity index (χ2v) is 11.0. The molecule has 0 aliphatic rings. The smallest absolute Gasteiger partial charge is 0.113 e. The van der Waals surface area contributed by atoms with Crippen LogP contribution in [-0.2, 0) is 13.1 Å². The highest BCUT2D eigenvalue weighted by atomic mass is 15.4. The molecular weight excluding hydrogens is 492 g/mol. The number of hydrogen-bond donors (Lipinski definition) is 0. The van der Waals surface area contributed by atoms with E-state index in [9.17, 15) is 0 Å². The van der Waals surface area contributed by atoms with Crippen LogP contribution < -0.4 is 0 Å². The lowest BCUT2D eigenvalue weighted by atomic mass is 9.87. The molecule has 6 aromatic rings. The van der Waals surface area contributed by atoms with E-state index >= 15 is 0 Å². The lowest BCUT2D eigenvalue weighted by Crippen LogP contribution is -1.98. The zero-order valence-electron chi connectivity index (χ0n) is 24.3. The average molecular weight is 529 g/mol. The topological polar surface area (TPSA) is 61.4 Å². The van der Waals surface area contributed by atoms with Crippen molar-refractivity contribution >= 4 is 22.1 Å². The van der Waals surface area contributed by atoms with Crippen molar-refractivity contribution in [1.82, 2.24) is 30.0 Å². The van der Waals surface area contributed by atoms with Crippen molar-refractivity contribution < 1.29 is 0 Å². The quantitative estimate of drug-likeness (QED) is 0.209. The molecular formula is C34H36N6. The Labute approximate surface area is 235 Å². The van der Waals surface area contributed by atoms with Crippen molar-refractivity contribution in [2.75, 3.05) is 0 Å². The van der Waals surface area contributed by atoms with Crippen molar-refractivity contribution in [3.8, 4) is 33.4 Å². The summed E-state index contributed by atoms with van der Waals surface area (Å²) in [5.74, 6) is 0. The van der Waals surface area contributed by atoms with Gasteiger partial charge in [0, 0.05) is 13.1 Å². The summed E-state index contributed by atoms with van der Waals surface area (Å²) in [5.41, 5.74) is 16.5. The van der Waals surface area contributed by atoms with Crippen LogP contribution in [0.1, 0.15) is 48.9 Å². The molecule has 0 aliphatic heterocycles. The number of hydrogen-bond acceptors (Lipinski definition) is 4. The molecule has 0 saturated carbocycles. The van der Waals surface area contributed by atoms with Crippen molar-refractivity contribution in [2.24, 2.45) is 0 Å². The molecule has 0 spiro atoms. The van der Waals surface area contributed by atoms with Crippen LogP contribution >= 0.6 is 0 Å². The van der Waals surface area contributed by atoms with Crippen molar-refractivity contribution in [1.29, 1.82) is 0 Å². The normalized spacial score (nSPS) is 11.7. The van der Waals surface area contributed by atoms with Crippen LogP contribution in [0.25, 0.3) is 55.4 Å². The molecule has 0 fully saturated rings. The largest absolute Gasteiger partial charge is 0.245 e. The first-order chi connectivity index (χ1) is 19.4. The first-order valence-electron chi connectivity index (χ1n) is 14.3. The first kappa shape index (κ1) is 25.9. The number of aromatic nitrogens is 6. The summed E-state index contributed by atoms with van der Waals surface area (Å²) in [7, 11) is 0. The summed E-state index contributed by atoms with van der Waals surface area (Å²) in [6, 6.07) is 22.3. The first-order valence-corrected chi connectivity index (χ1v) is 14.3. The molecule has 0 atom stereocenters. The molecule has 6 rings (SSSR count). The fraction of sp³-hybridized carbons (Fsp3) is 0.294. The van der Waals surface area contributed by atoms with E-state index in [1.807, 2.05) is 9.36 Å². The molecule has 2 heterocycles. The van der Waals surface area contributed by atoms with Gasteiger partial charge in [-0.25, -0.2) is 9.36 Å². The average Bonchev–Trinajstić information content (AvgIpc) is 3.54. The van der Waals surface area contributed by atoms with Crippen molar-refractivity contribution in [3.63, 3.8) is 0 Å². The third kappa shape index (κ3) is 4.47. The van der Waals surface area contributed by atoms with Gasteiger partial charge in [0.15, 0.2) is 0 Å². The van der Waals surface area contributed by atoms with Gasteiger partial charge < -0.3 is 0 Å². The van der Waals surface area contributed by atoms with Crippen molar-refractivity contribution in [2.45, 2.75) is 67.5 Å². The van der Waals surface area contributed by atoms with Gasteiger partial charge in [-0.3, -0.25) is 0 Å². The Morgan fingerprint density at radius 1 is 0.500 bits per heavy atom. The third-order valence-corrected chi connectivity index (χ3v) is 7.95. The maximum absolute atomic E-state index is 4.43. The van der Waals surface area contributed by atoms with Gasteiger partial charge in [-0.05, 0) is 120 Å². The highest BCUT2D eigenvalue weighted by Crippen LogP contribution is 2.37. The summed E-state index contributed by atoms with van der Waals surface area (Å²) < 4.78 is 3.98. The van der Waals surface area contributed by atoms with E-state index in [2.05, 4.69) is 123 Å². The molecule has 0 saturated heterocycles. The van der Waals surface area contributed by atoms with E-state index in [4.69, 9.17) is 0 Å². The molecule has 40 heavy (non-hydrogen) atoms. The number of fused-ring (bicyclic) bond motifs is 2. The SMILES string of the molecule is CCCn1nnc2cc(-c3cc(C)c(-c4cc(C)c(-c5ccc6c(c5)nnn6CCC)cc4C)cc3C)ccc21. The van der Waals surface area contributed by atoms with E-state index in [1.54, 1.807) is 0 Å². The Morgan fingerprint density at radius 3 is 1.27 bits per heavy atom. The van der Waals surface area contributed by atoms with Crippen LogP contribution in [-0.4, -0.2) is 30.0 Å². The summed E-state index contributed by atoms with van der Waals surface area (Å²) in [4.78, 5) is 0. The molecule has 0 aliphatic carbocycles. The highest BCUT2D eigenvalue weighted by molar-refractivity contribution is 5.86. The van der Waals surface area contributed by atoms with Gasteiger partial charge in [0.25, 0.3) is 0 Å². The van der Waals surface area contributed by atoms with Crippen LogP contribution in [0.2, 0.25) is 0 Å². The second kappa shape index (κ2) is 10.3. The molecule has 0 unspecified atom stereocenters. The van der Waals surface area contributed by atoms with E-state index in [-0.39, 0.29) is 0 Å². The Bertz CT molecular complexity index is 1740. The molecule has 4 aromatic carbocycles. The van der Waals surface area contributed by atoms with Crippen LogP contribution in [0, 0.1) is 27.7 Å². The van der Waals surface area contributed by atoms with Crippen LogP contribution in [0.4, 0.5) is 0 Å². The van der Waals surface area contributed by atoms with Gasteiger partial charge in [0.1, 0.15) is 11.0 Å². The standard InChI is InChI=1S/C34H36N6/c1-7-13-39-33-11-9-25(19-31(33)35-37-39)27-15-23(5)29(17-21(27)3)30-18-22(4)28(16-24(30)6)26-10-12-34-32(20-26)36-38-40(34)14-8-2/h9-12,15-20H,7-8,13-14H2,1-6H3. The zero-order valence-corrected chi connectivity index (χ0v) is 24.3. The Hall–Kier alpha value is -4.32. The van der Waals surface area contributed by atoms with E-state index < -0.39 is 0 Å². The van der Waals surface area contributed by atoms with E-state index in [0.717, 1.165) is 48.0 Å². The van der Waals surface area contributed by atoms with Gasteiger partial charge in [-0.1, -0.05) is 60.7 Å². The molecule has 6 heteroatoms. The molecule has 6 nitrogen and oxygen atoms in total. The van der Waals surface area contributed by atoms with E-state index in [1.165, 1.54) is 55.6 Å². The van der Waals surface area contributed by atoms with E-state index in [0.29, 0.717) is 0 Å². The monoisotopic (exact) mass is 528 g/mol. The Kier molecular flexibility index (Phi) is 6.70. The summed E-state index contributed by atoms with van der Waals surface area (Å²) in [6.45, 7) is 14.9. The predicted octanol–water partition coefficient (Wildman–Crippen LogP) is 8.23. The molecule has 0 amide bonds. The van der Waals surface area contributed by atoms with Gasteiger partial charge in [-0.2, -0.15) is 0 Å². The van der Waals surface area contributed by atoms with Crippen LogP contribution in [0.15, 0.2) is 60.7 Å². The minimum atomic E-state index is 0.884. The maximum atomic E-state index is 4.43. The maximum Gasteiger partial charge on any atom is 0.113 e. The number of nitrogens with zero attached hydrogens (tertiary/aromatic N) is 6. The molecule has 0 N–H and O–H groups in total. The zero-order chi connectivity index (χ0) is 28.0. The number of rotatable bonds is 7. The van der Waals surface area contributed by atoms with Crippen molar-refractivity contribution in [3.05, 3.63) is 82.9 Å². The van der Waals surface area contributed by atoms with Crippen LogP contribution in [0.5, 0.6) is 0 Å². The summed E-state index contributed by atoms with van der Waals surface area (Å²) >= 11 is 0.